The molecule has 0 aliphatic carbocycles. The summed E-state index contributed by atoms with van der Waals surface area (Å²) < 4.78 is 11.2. The Morgan fingerprint density at radius 3 is 2.48 bits per heavy atom. The third-order valence-electron chi connectivity index (χ3n) is 4.17. The molecule has 0 saturated heterocycles. The number of halogens is 2. The number of nitrogens with zero attached hydrogens (tertiary/aromatic N) is 2. The summed E-state index contributed by atoms with van der Waals surface area (Å²) in [6.07, 6.45) is 3.42. The van der Waals surface area contributed by atoms with Gasteiger partial charge in [0.25, 0.3) is 0 Å². The maximum absolute atomic E-state index is 6.17. The molecule has 25 heavy (non-hydrogen) atoms. The zero-order chi connectivity index (χ0) is 18.0. The molecule has 0 N–H and O–H groups in total. The number of pyridine rings is 1. The molecule has 0 amide bonds. The molecule has 0 spiro atoms. The second-order valence-corrected chi connectivity index (χ2v) is 6.78. The number of hydrogen-bond acceptors (Lipinski definition) is 4. The van der Waals surface area contributed by atoms with Crippen molar-refractivity contribution >= 4 is 34.3 Å². The second-order valence-electron chi connectivity index (χ2n) is 5.97. The zero-order valence-corrected chi connectivity index (χ0v) is 16.0. The van der Waals surface area contributed by atoms with Crippen LogP contribution in [0.3, 0.4) is 0 Å². The largest absolute Gasteiger partial charge is 0.481 e. The zero-order valence-electron chi connectivity index (χ0n) is 14.5. The molecule has 0 fully saturated rings. The Balaban J connectivity index is 1.87. The lowest BCUT2D eigenvalue weighted by molar-refractivity contribution is 0.390. The highest BCUT2D eigenvalue weighted by atomic mass is 35.5. The molecule has 2 aromatic heterocycles. The van der Waals surface area contributed by atoms with E-state index in [0.717, 1.165) is 30.5 Å². The molecular weight excluding hydrogens is 359 g/mol. The molecule has 2 heterocycles. The first-order valence-electron chi connectivity index (χ1n) is 8.30. The minimum atomic E-state index is 0.512. The summed E-state index contributed by atoms with van der Waals surface area (Å²) in [6, 6.07) is 5.61. The van der Waals surface area contributed by atoms with Crippen molar-refractivity contribution in [2.45, 2.75) is 39.5 Å². The van der Waals surface area contributed by atoms with Crippen LogP contribution in [0.25, 0.3) is 11.1 Å². The Kier molecular flexibility index (Phi) is 5.50. The van der Waals surface area contributed by atoms with Gasteiger partial charge in [-0.25, -0.2) is 9.97 Å². The maximum Gasteiger partial charge on any atom is 0.216 e. The summed E-state index contributed by atoms with van der Waals surface area (Å²) in [4.78, 5) is 9.05. The molecule has 1 aromatic carbocycles. The second kappa shape index (κ2) is 7.63. The molecule has 0 atom stereocenters. The lowest BCUT2D eigenvalue weighted by Crippen LogP contribution is -2.03. The van der Waals surface area contributed by atoms with E-state index in [-0.39, 0.29) is 0 Å². The summed E-state index contributed by atoms with van der Waals surface area (Å²) in [5.41, 5.74) is 4.45. The van der Waals surface area contributed by atoms with Gasteiger partial charge in [0.15, 0.2) is 11.5 Å². The highest BCUT2D eigenvalue weighted by molar-refractivity contribution is 6.39. The van der Waals surface area contributed by atoms with E-state index >= 15 is 0 Å². The lowest BCUT2D eigenvalue weighted by atomic mass is 10.0. The van der Waals surface area contributed by atoms with Crippen LogP contribution in [0.1, 0.15) is 36.1 Å². The minimum Gasteiger partial charge on any atom is -0.481 e. The Morgan fingerprint density at radius 1 is 1.04 bits per heavy atom. The van der Waals surface area contributed by atoms with Crippen molar-refractivity contribution in [2.24, 2.45) is 0 Å². The number of ether oxygens (including phenoxy) is 1. The standard InChI is InChI=1S/C19H20Cl2N2O2/c1-4-5-12-10-13(19(24-3)22-11(12)2)6-9-16-23-17-14(20)7-8-15(21)18(17)25-16/h7-8,10H,4-6,9H2,1-3H3. The molecular formula is C19H20Cl2N2O2. The number of fused-ring (bicyclic) bond motifs is 1. The van der Waals surface area contributed by atoms with Gasteiger partial charge < -0.3 is 9.15 Å². The van der Waals surface area contributed by atoms with Gasteiger partial charge in [0.1, 0.15) is 5.52 Å². The van der Waals surface area contributed by atoms with E-state index in [1.165, 1.54) is 5.56 Å². The van der Waals surface area contributed by atoms with E-state index in [2.05, 4.69) is 23.0 Å². The first kappa shape index (κ1) is 18.0. The van der Waals surface area contributed by atoms with Gasteiger partial charge in [0.05, 0.1) is 17.2 Å². The first-order valence-corrected chi connectivity index (χ1v) is 9.05. The summed E-state index contributed by atoms with van der Waals surface area (Å²) in [5, 5.41) is 1.05. The monoisotopic (exact) mass is 378 g/mol. The van der Waals surface area contributed by atoms with Gasteiger partial charge in [-0.3, -0.25) is 0 Å². The van der Waals surface area contributed by atoms with Crippen LogP contribution in [0.15, 0.2) is 22.6 Å². The van der Waals surface area contributed by atoms with Gasteiger partial charge in [-0.15, -0.1) is 0 Å². The number of hydrogen-bond donors (Lipinski definition) is 0. The fourth-order valence-corrected chi connectivity index (χ4v) is 3.27. The van der Waals surface area contributed by atoms with Crippen molar-refractivity contribution in [1.82, 2.24) is 9.97 Å². The van der Waals surface area contributed by atoms with Crippen molar-refractivity contribution in [3.05, 3.63) is 51.0 Å². The first-order chi connectivity index (χ1) is 12.0. The average molecular weight is 379 g/mol. The highest BCUT2D eigenvalue weighted by Gasteiger charge is 2.15. The quantitative estimate of drug-likeness (QED) is 0.561. The normalized spacial score (nSPS) is 11.2. The molecule has 4 nitrogen and oxygen atoms in total. The predicted molar refractivity (Wildman–Crippen MR) is 101 cm³/mol. The van der Waals surface area contributed by atoms with Gasteiger partial charge in [-0.2, -0.15) is 0 Å². The molecule has 0 aliphatic rings. The molecule has 3 aromatic rings. The molecule has 0 radical (unpaired) electrons. The topological polar surface area (TPSA) is 48.2 Å². The predicted octanol–water partition coefficient (Wildman–Crippen LogP) is 5.58. The molecule has 132 valence electrons. The van der Waals surface area contributed by atoms with Crippen molar-refractivity contribution in [3.8, 4) is 5.88 Å². The van der Waals surface area contributed by atoms with Crippen LogP contribution in [0, 0.1) is 6.92 Å². The fraction of sp³-hybridized carbons (Fsp3) is 0.368. The van der Waals surface area contributed by atoms with Crippen LogP contribution in [0.2, 0.25) is 10.0 Å². The Labute approximate surface area is 157 Å². The average Bonchev–Trinajstić information content (AvgIpc) is 3.04. The smallest absolute Gasteiger partial charge is 0.216 e. The van der Waals surface area contributed by atoms with Crippen molar-refractivity contribution in [2.75, 3.05) is 7.11 Å². The van der Waals surface area contributed by atoms with Crippen LogP contribution < -0.4 is 4.74 Å². The molecule has 6 heteroatoms. The number of aryl methyl sites for hydroxylation is 4. The van der Waals surface area contributed by atoms with Gasteiger partial charge in [-0.05, 0) is 43.5 Å². The van der Waals surface area contributed by atoms with Gasteiger partial charge in [0, 0.05) is 17.7 Å². The third kappa shape index (κ3) is 3.75. The van der Waals surface area contributed by atoms with Crippen LogP contribution >= 0.6 is 23.2 Å². The number of oxazole rings is 1. The van der Waals surface area contributed by atoms with Crippen molar-refractivity contribution in [1.29, 1.82) is 0 Å². The van der Waals surface area contributed by atoms with Crippen molar-refractivity contribution < 1.29 is 9.15 Å². The van der Waals surface area contributed by atoms with Crippen LogP contribution in [0.4, 0.5) is 0 Å². The van der Waals surface area contributed by atoms with E-state index in [4.69, 9.17) is 32.4 Å². The Bertz CT molecular complexity index is 867. The number of benzene rings is 1. The highest BCUT2D eigenvalue weighted by Crippen LogP contribution is 2.31. The Morgan fingerprint density at radius 2 is 1.80 bits per heavy atom. The number of methoxy groups -OCH3 is 1. The Hall–Kier alpha value is -1.78. The van der Waals surface area contributed by atoms with E-state index < -0.39 is 0 Å². The van der Waals surface area contributed by atoms with Crippen LogP contribution in [-0.2, 0) is 19.3 Å². The van der Waals surface area contributed by atoms with E-state index in [1.807, 2.05) is 6.92 Å². The molecule has 3 rings (SSSR count). The molecule has 0 saturated carbocycles. The number of rotatable bonds is 6. The minimum absolute atomic E-state index is 0.512. The summed E-state index contributed by atoms with van der Waals surface area (Å²) in [7, 11) is 1.64. The summed E-state index contributed by atoms with van der Waals surface area (Å²) in [6.45, 7) is 4.18. The van der Waals surface area contributed by atoms with Crippen LogP contribution in [-0.4, -0.2) is 17.1 Å². The van der Waals surface area contributed by atoms with E-state index in [9.17, 15) is 0 Å². The molecule has 0 unspecified atom stereocenters. The lowest BCUT2D eigenvalue weighted by Gasteiger charge is -2.11. The van der Waals surface area contributed by atoms with Gasteiger partial charge in [-0.1, -0.05) is 36.5 Å². The van der Waals surface area contributed by atoms with Crippen molar-refractivity contribution in [3.63, 3.8) is 0 Å². The molecule has 0 bridgehead atoms. The third-order valence-corrected chi connectivity index (χ3v) is 4.77. The molecule has 0 aliphatic heterocycles. The SMILES string of the molecule is CCCc1cc(CCc2nc3c(Cl)ccc(Cl)c3o2)c(OC)nc1C. The van der Waals surface area contributed by atoms with Gasteiger partial charge in [0.2, 0.25) is 5.88 Å². The fourth-order valence-electron chi connectivity index (χ4n) is 2.89. The maximum atomic E-state index is 6.17. The van der Waals surface area contributed by atoms with E-state index in [0.29, 0.717) is 39.3 Å². The summed E-state index contributed by atoms with van der Waals surface area (Å²) >= 11 is 12.3. The van der Waals surface area contributed by atoms with E-state index in [1.54, 1.807) is 19.2 Å². The van der Waals surface area contributed by atoms with Gasteiger partial charge >= 0.3 is 0 Å². The van der Waals surface area contributed by atoms with Crippen LogP contribution in [0.5, 0.6) is 5.88 Å². The summed E-state index contributed by atoms with van der Waals surface area (Å²) in [5.74, 6) is 1.26. The number of aromatic nitrogens is 2.